The Bertz CT molecular complexity index is 984. The van der Waals surface area contributed by atoms with Crippen LogP contribution in [0.2, 0.25) is 0 Å². The smallest absolute Gasteiger partial charge is 0.261 e. The molecule has 128 valence electrons. The Morgan fingerprint density at radius 3 is 2.44 bits per heavy atom. The van der Waals surface area contributed by atoms with E-state index < -0.39 is 10.0 Å². The van der Waals surface area contributed by atoms with Gasteiger partial charge in [0, 0.05) is 12.6 Å². The number of para-hydroxylation sites is 2. The van der Waals surface area contributed by atoms with E-state index in [1.807, 2.05) is 0 Å². The maximum absolute atomic E-state index is 12.6. The van der Waals surface area contributed by atoms with E-state index in [0.717, 1.165) is 0 Å². The fourth-order valence-corrected chi connectivity index (χ4v) is 3.23. The predicted molar refractivity (Wildman–Crippen MR) is 90.7 cm³/mol. The van der Waals surface area contributed by atoms with Crippen LogP contribution in [0.25, 0.3) is 5.69 Å². The molecule has 0 saturated carbocycles. The molecule has 0 bridgehead atoms. The lowest BCUT2D eigenvalue weighted by Gasteiger charge is -2.12. The standard InChI is InChI=1S/C15H14N6O3S/c1-11(22)17-12-6-8-13(9-7-12)25(23,24)18-14-4-2-3-5-15(14)21-10-16-19-20-21/h2-10,18H,1H3,(H,17,22). The summed E-state index contributed by atoms with van der Waals surface area (Å²) in [7, 11) is -3.82. The second kappa shape index (κ2) is 6.69. The van der Waals surface area contributed by atoms with Crippen LogP contribution in [0.5, 0.6) is 0 Å². The van der Waals surface area contributed by atoms with Crippen molar-refractivity contribution in [3.63, 3.8) is 0 Å². The fourth-order valence-electron chi connectivity index (χ4n) is 2.16. The first-order chi connectivity index (χ1) is 12.0. The third-order valence-corrected chi connectivity index (χ3v) is 4.61. The van der Waals surface area contributed by atoms with E-state index in [9.17, 15) is 13.2 Å². The van der Waals surface area contributed by atoms with Crippen molar-refractivity contribution < 1.29 is 13.2 Å². The van der Waals surface area contributed by atoms with Gasteiger partial charge in [-0.25, -0.2) is 8.42 Å². The largest absolute Gasteiger partial charge is 0.326 e. The number of hydrogen-bond acceptors (Lipinski definition) is 6. The first-order valence-electron chi connectivity index (χ1n) is 7.18. The molecule has 1 amide bonds. The van der Waals surface area contributed by atoms with E-state index >= 15 is 0 Å². The molecular formula is C15H14N6O3S. The summed E-state index contributed by atoms with van der Waals surface area (Å²) < 4.78 is 29.1. The molecular weight excluding hydrogens is 344 g/mol. The molecule has 2 N–H and O–H groups in total. The Kier molecular flexibility index (Phi) is 4.44. The number of nitrogens with one attached hydrogen (secondary N) is 2. The van der Waals surface area contributed by atoms with Gasteiger partial charge in [-0.05, 0) is 46.8 Å². The summed E-state index contributed by atoms with van der Waals surface area (Å²) in [4.78, 5) is 11.1. The number of benzene rings is 2. The lowest BCUT2D eigenvalue weighted by Crippen LogP contribution is -2.15. The van der Waals surface area contributed by atoms with Gasteiger partial charge < -0.3 is 5.32 Å². The van der Waals surface area contributed by atoms with Crippen molar-refractivity contribution in [1.29, 1.82) is 0 Å². The van der Waals surface area contributed by atoms with E-state index in [2.05, 4.69) is 25.6 Å². The lowest BCUT2D eigenvalue weighted by molar-refractivity contribution is -0.114. The molecule has 0 unspecified atom stereocenters. The van der Waals surface area contributed by atoms with Gasteiger partial charge in [-0.2, -0.15) is 4.68 Å². The molecule has 10 heteroatoms. The molecule has 0 aliphatic carbocycles. The van der Waals surface area contributed by atoms with Crippen molar-refractivity contribution in [1.82, 2.24) is 20.2 Å². The van der Waals surface area contributed by atoms with Gasteiger partial charge in [0.1, 0.15) is 6.33 Å². The van der Waals surface area contributed by atoms with Crippen molar-refractivity contribution >= 4 is 27.3 Å². The summed E-state index contributed by atoms with van der Waals surface area (Å²) in [5.41, 5.74) is 1.34. The number of nitrogens with zero attached hydrogens (tertiary/aromatic N) is 4. The zero-order chi connectivity index (χ0) is 17.9. The Balaban J connectivity index is 1.89. The number of hydrogen-bond donors (Lipinski definition) is 2. The maximum Gasteiger partial charge on any atom is 0.261 e. The first kappa shape index (κ1) is 16.6. The Morgan fingerprint density at radius 2 is 1.80 bits per heavy atom. The van der Waals surface area contributed by atoms with E-state index in [-0.39, 0.29) is 10.8 Å². The van der Waals surface area contributed by atoms with Crippen LogP contribution in [-0.2, 0) is 14.8 Å². The van der Waals surface area contributed by atoms with E-state index in [1.165, 1.54) is 42.2 Å². The molecule has 25 heavy (non-hydrogen) atoms. The zero-order valence-electron chi connectivity index (χ0n) is 13.1. The first-order valence-corrected chi connectivity index (χ1v) is 8.67. The number of anilines is 2. The Hall–Kier alpha value is -3.27. The highest BCUT2D eigenvalue weighted by atomic mass is 32.2. The topological polar surface area (TPSA) is 119 Å². The van der Waals surface area contributed by atoms with Gasteiger partial charge in [0.2, 0.25) is 5.91 Å². The van der Waals surface area contributed by atoms with Crippen LogP contribution in [0.1, 0.15) is 6.92 Å². The Morgan fingerprint density at radius 1 is 1.08 bits per heavy atom. The molecule has 1 heterocycles. The monoisotopic (exact) mass is 358 g/mol. The van der Waals surface area contributed by atoms with Crippen LogP contribution in [0.3, 0.4) is 0 Å². The highest BCUT2D eigenvalue weighted by Gasteiger charge is 2.17. The minimum atomic E-state index is -3.82. The van der Waals surface area contributed by atoms with Gasteiger partial charge in [0.05, 0.1) is 16.3 Å². The third kappa shape index (κ3) is 3.80. The molecule has 9 nitrogen and oxygen atoms in total. The van der Waals surface area contributed by atoms with Crippen molar-refractivity contribution in [3.05, 3.63) is 54.9 Å². The van der Waals surface area contributed by atoms with Crippen LogP contribution >= 0.6 is 0 Å². The van der Waals surface area contributed by atoms with Gasteiger partial charge in [-0.1, -0.05) is 12.1 Å². The second-order valence-corrected chi connectivity index (χ2v) is 6.77. The van der Waals surface area contributed by atoms with Gasteiger partial charge in [-0.15, -0.1) is 5.10 Å². The number of carbonyl (C=O) groups excluding carboxylic acids is 1. The number of tetrazole rings is 1. The summed E-state index contributed by atoms with van der Waals surface area (Å²) in [5, 5.41) is 13.4. The molecule has 3 aromatic rings. The Labute approximate surface area is 143 Å². The van der Waals surface area contributed by atoms with Crippen LogP contribution in [-0.4, -0.2) is 34.5 Å². The molecule has 2 aromatic carbocycles. The molecule has 0 fully saturated rings. The molecule has 0 aliphatic rings. The number of amides is 1. The number of carbonyl (C=O) groups is 1. The van der Waals surface area contributed by atoms with Crippen molar-refractivity contribution in [3.8, 4) is 5.69 Å². The van der Waals surface area contributed by atoms with E-state index in [0.29, 0.717) is 17.1 Å². The van der Waals surface area contributed by atoms with Crippen LogP contribution in [0.15, 0.2) is 59.8 Å². The van der Waals surface area contributed by atoms with Gasteiger partial charge in [0.15, 0.2) is 0 Å². The number of aromatic nitrogens is 4. The summed E-state index contributed by atoms with van der Waals surface area (Å²) in [5.74, 6) is -0.232. The zero-order valence-corrected chi connectivity index (χ0v) is 13.9. The average molecular weight is 358 g/mol. The van der Waals surface area contributed by atoms with Crippen molar-refractivity contribution in [2.75, 3.05) is 10.0 Å². The molecule has 3 rings (SSSR count). The minimum Gasteiger partial charge on any atom is -0.326 e. The minimum absolute atomic E-state index is 0.0631. The van der Waals surface area contributed by atoms with Crippen molar-refractivity contribution in [2.24, 2.45) is 0 Å². The highest BCUT2D eigenvalue weighted by Crippen LogP contribution is 2.23. The van der Waals surface area contributed by atoms with E-state index in [4.69, 9.17) is 0 Å². The third-order valence-electron chi connectivity index (χ3n) is 3.23. The quantitative estimate of drug-likeness (QED) is 0.712. The van der Waals surface area contributed by atoms with Crippen molar-refractivity contribution in [2.45, 2.75) is 11.8 Å². The SMILES string of the molecule is CC(=O)Nc1ccc(S(=O)(=O)Nc2ccccc2-n2cnnn2)cc1. The van der Waals surface area contributed by atoms with Crippen LogP contribution in [0.4, 0.5) is 11.4 Å². The summed E-state index contributed by atoms with van der Waals surface area (Å²) in [6.07, 6.45) is 1.37. The summed E-state index contributed by atoms with van der Waals surface area (Å²) in [6, 6.07) is 12.6. The normalized spacial score (nSPS) is 11.1. The number of rotatable bonds is 5. The molecule has 0 atom stereocenters. The molecule has 1 aromatic heterocycles. The van der Waals surface area contributed by atoms with Gasteiger partial charge in [-0.3, -0.25) is 9.52 Å². The molecule has 0 radical (unpaired) electrons. The highest BCUT2D eigenvalue weighted by molar-refractivity contribution is 7.92. The summed E-state index contributed by atoms with van der Waals surface area (Å²) in [6.45, 7) is 1.38. The second-order valence-electron chi connectivity index (χ2n) is 5.08. The molecule has 0 aliphatic heterocycles. The van der Waals surface area contributed by atoms with Crippen LogP contribution < -0.4 is 10.0 Å². The van der Waals surface area contributed by atoms with Crippen LogP contribution in [0, 0.1) is 0 Å². The lowest BCUT2D eigenvalue weighted by atomic mass is 10.3. The van der Waals surface area contributed by atoms with E-state index in [1.54, 1.807) is 24.3 Å². The average Bonchev–Trinajstić information content (AvgIpc) is 3.09. The predicted octanol–water partition coefficient (Wildman–Crippen LogP) is 1.42. The number of sulfonamides is 1. The molecule has 0 spiro atoms. The fraction of sp³-hybridized carbons (Fsp3) is 0.0667. The van der Waals surface area contributed by atoms with Gasteiger partial charge >= 0.3 is 0 Å². The van der Waals surface area contributed by atoms with Gasteiger partial charge in [0.25, 0.3) is 10.0 Å². The molecule has 0 saturated heterocycles. The maximum atomic E-state index is 12.6. The summed E-state index contributed by atoms with van der Waals surface area (Å²) >= 11 is 0.